The summed E-state index contributed by atoms with van der Waals surface area (Å²) in [5.41, 5.74) is 1.77. The zero-order chi connectivity index (χ0) is 26.3. The van der Waals surface area contributed by atoms with Gasteiger partial charge in [0.1, 0.15) is 17.3 Å². The van der Waals surface area contributed by atoms with Gasteiger partial charge in [-0.05, 0) is 50.8 Å². The highest BCUT2D eigenvalue weighted by atomic mass is 19.3. The maximum absolute atomic E-state index is 14.4. The minimum absolute atomic E-state index is 0.160. The first-order valence-electron chi connectivity index (χ1n) is 12.1. The Kier molecular flexibility index (Phi) is 6.47. The van der Waals surface area contributed by atoms with Crippen LogP contribution in [0.25, 0.3) is 11.4 Å². The van der Waals surface area contributed by atoms with Crippen molar-refractivity contribution in [2.45, 2.75) is 51.0 Å². The molecule has 0 aromatic carbocycles. The first-order valence-corrected chi connectivity index (χ1v) is 12.1. The number of hydrogen-bond donors (Lipinski definition) is 1. The molecule has 0 unspecified atom stereocenters. The molecule has 5 heterocycles. The summed E-state index contributed by atoms with van der Waals surface area (Å²) in [7, 11) is 1.44. The first-order chi connectivity index (χ1) is 17.7. The van der Waals surface area contributed by atoms with Gasteiger partial charge in [0.15, 0.2) is 5.82 Å². The number of hydrogen-bond acceptors (Lipinski definition) is 7. The van der Waals surface area contributed by atoms with E-state index in [-0.39, 0.29) is 34.4 Å². The van der Waals surface area contributed by atoms with Crippen molar-refractivity contribution < 1.29 is 22.7 Å². The Morgan fingerprint density at radius 3 is 2.78 bits per heavy atom. The number of halogens is 3. The van der Waals surface area contributed by atoms with Gasteiger partial charge in [-0.2, -0.15) is 0 Å². The quantitative estimate of drug-likeness (QED) is 0.540. The normalized spacial score (nSPS) is 19.6. The minimum Gasteiger partial charge on any atom is -0.481 e. The van der Waals surface area contributed by atoms with E-state index in [0.29, 0.717) is 36.6 Å². The number of fused-ring (bicyclic) bond motifs is 1. The third-order valence-corrected chi connectivity index (χ3v) is 7.26. The number of alkyl halides is 2. The van der Waals surface area contributed by atoms with Gasteiger partial charge in [-0.1, -0.05) is 0 Å². The van der Waals surface area contributed by atoms with Gasteiger partial charge in [0.2, 0.25) is 11.8 Å². The number of nitrogens with one attached hydrogen (secondary N) is 1. The van der Waals surface area contributed by atoms with Crippen LogP contribution in [0.4, 0.5) is 19.0 Å². The zero-order valence-electron chi connectivity index (χ0n) is 20.8. The number of carbonyl (C=O) groups is 1. The molecule has 0 bridgehead atoms. The molecule has 37 heavy (non-hydrogen) atoms. The standard InChI is InChI=1S/C26H27F3N6O2/c1-14(17-11-21(37-3)31-12-19(17)27)25(36)35-9-7-26(13-35)6-4-16-10-18(15(2)32-23(16)34-26)24-30-8-5-20(33-24)22(28)29/h5,8,10-12,14,22H,4,6-7,9,13H2,1-3H3,(H,32,34)/t14-,26+/m1/s1. The van der Waals surface area contributed by atoms with Crippen molar-refractivity contribution in [3.63, 3.8) is 0 Å². The number of nitrogens with zero attached hydrogens (tertiary/aromatic N) is 5. The summed E-state index contributed by atoms with van der Waals surface area (Å²) in [6.45, 7) is 4.50. The van der Waals surface area contributed by atoms with E-state index in [4.69, 9.17) is 9.72 Å². The van der Waals surface area contributed by atoms with Crippen LogP contribution in [0, 0.1) is 12.7 Å². The number of amides is 1. The van der Waals surface area contributed by atoms with E-state index < -0.39 is 18.2 Å². The second-order valence-electron chi connectivity index (χ2n) is 9.62. The van der Waals surface area contributed by atoms with E-state index in [1.807, 2.05) is 6.07 Å². The lowest BCUT2D eigenvalue weighted by atomic mass is 9.86. The summed E-state index contributed by atoms with van der Waals surface area (Å²) < 4.78 is 45.8. The Bertz CT molecular complexity index is 1350. The molecule has 3 aromatic heterocycles. The van der Waals surface area contributed by atoms with E-state index in [1.54, 1.807) is 18.7 Å². The van der Waals surface area contributed by atoms with E-state index in [9.17, 15) is 18.0 Å². The lowest BCUT2D eigenvalue weighted by Gasteiger charge is -2.36. The molecule has 194 valence electrons. The minimum atomic E-state index is -2.68. The molecule has 1 fully saturated rings. The van der Waals surface area contributed by atoms with Crippen LogP contribution in [0.1, 0.15) is 54.6 Å². The topological polar surface area (TPSA) is 93.1 Å². The fourth-order valence-electron chi connectivity index (χ4n) is 5.13. The highest BCUT2D eigenvalue weighted by molar-refractivity contribution is 5.84. The number of anilines is 1. The van der Waals surface area contributed by atoms with Gasteiger partial charge < -0.3 is 15.0 Å². The lowest BCUT2D eigenvalue weighted by Crippen LogP contribution is -2.46. The van der Waals surface area contributed by atoms with Crippen molar-refractivity contribution in [3.05, 3.63) is 58.9 Å². The molecule has 8 nitrogen and oxygen atoms in total. The van der Waals surface area contributed by atoms with E-state index in [2.05, 4.69) is 20.3 Å². The Morgan fingerprint density at radius 1 is 1.22 bits per heavy atom. The third-order valence-electron chi connectivity index (χ3n) is 7.26. The molecule has 1 spiro atoms. The molecule has 3 aromatic rings. The first kappa shape index (κ1) is 24.9. The Balaban J connectivity index is 1.33. The highest BCUT2D eigenvalue weighted by Crippen LogP contribution is 2.39. The van der Waals surface area contributed by atoms with E-state index in [1.165, 1.54) is 25.4 Å². The summed E-state index contributed by atoms with van der Waals surface area (Å²) in [4.78, 5) is 31.8. The number of aromatic nitrogens is 4. The monoisotopic (exact) mass is 512 g/mol. The summed E-state index contributed by atoms with van der Waals surface area (Å²) in [6.07, 6.45) is 1.91. The number of carbonyl (C=O) groups excluding carboxylic acids is 1. The van der Waals surface area contributed by atoms with Crippen LogP contribution in [0.15, 0.2) is 30.6 Å². The van der Waals surface area contributed by atoms with Crippen LogP contribution in [0.3, 0.4) is 0 Å². The molecule has 2 aliphatic rings. The molecule has 1 saturated heterocycles. The van der Waals surface area contributed by atoms with Crippen LogP contribution >= 0.6 is 0 Å². The maximum Gasteiger partial charge on any atom is 0.280 e. The highest BCUT2D eigenvalue weighted by Gasteiger charge is 2.43. The predicted octanol–water partition coefficient (Wildman–Crippen LogP) is 4.46. The fourth-order valence-corrected chi connectivity index (χ4v) is 5.13. The predicted molar refractivity (Wildman–Crippen MR) is 130 cm³/mol. The molecule has 11 heteroatoms. The molecule has 5 rings (SSSR count). The van der Waals surface area contributed by atoms with E-state index in [0.717, 1.165) is 24.6 Å². The SMILES string of the molecule is COc1cc([C@@H](C)C(=O)N2CC[C@@]3(CCc4cc(-c5nccc(C(F)F)n5)c(C)nc4N3)C2)c(F)cn1. The lowest BCUT2D eigenvalue weighted by molar-refractivity contribution is -0.131. The molecule has 2 atom stereocenters. The van der Waals surface area contributed by atoms with E-state index >= 15 is 0 Å². The van der Waals surface area contributed by atoms with Gasteiger partial charge in [-0.15, -0.1) is 0 Å². The molecule has 2 aliphatic heterocycles. The average molecular weight is 513 g/mol. The number of aryl methyl sites for hydroxylation is 2. The summed E-state index contributed by atoms with van der Waals surface area (Å²) in [5.74, 6) is -0.199. The second-order valence-corrected chi connectivity index (χ2v) is 9.62. The summed E-state index contributed by atoms with van der Waals surface area (Å²) in [6, 6.07) is 4.57. The molecular weight excluding hydrogens is 485 g/mol. The van der Waals surface area contributed by atoms with Gasteiger partial charge in [0, 0.05) is 36.5 Å². The number of ether oxygens (including phenoxy) is 1. The number of likely N-dealkylation sites (tertiary alicyclic amines) is 1. The Hall–Kier alpha value is -3.76. The van der Waals surface area contributed by atoms with Crippen LogP contribution in [0.5, 0.6) is 5.88 Å². The smallest absolute Gasteiger partial charge is 0.280 e. The van der Waals surface area contributed by atoms with Gasteiger partial charge in [-0.25, -0.2) is 33.1 Å². The molecule has 1 amide bonds. The summed E-state index contributed by atoms with van der Waals surface area (Å²) >= 11 is 0. The summed E-state index contributed by atoms with van der Waals surface area (Å²) in [5, 5.41) is 3.54. The number of methoxy groups -OCH3 is 1. The van der Waals surface area contributed by atoms with Crippen molar-refractivity contribution in [1.82, 2.24) is 24.8 Å². The Labute approximate surface area is 212 Å². The average Bonchev–Trinajstić information content (AvgIpc) is 3.30. The molecule has 1 N–H and O–H groups in total. The Morgan fingerprint density at radius 2 is 2.03 bits per heavy atom. The number of rotatable bonds is 5. The molecule has 0 aliphatic carbocycles. The van der Waals surface area contributed by atoms with Gasteiger partial charge in [0.25, 0.3) is 6.43 Å². The largest absolute Gasteiger partial charge is 0.481 e. The fraction of sp³-hybridized carbons (Fsp3) is 0.423. The van der Waals surface area contributed by atoms with Gasteiger partial charge in [0.05, 0.1) is 30.5 Å². The zero-order valence-corrected chi connectivity index (χ0v) is 20.8. The van der Waals surface area contributed by atoms with Crippen LogP contribution in [-0.2, 0) is 11.2 Å². The van der Waals surface area contributed by atoms with Crippen molar-refractivity contribution >= 4 is 11.7 Å². The van der Waals surface area contributed by atoms with Crippen LogP contribution < -0.4 is 10.1 Å². The number of pyridine rings is 2. The molecule has 0 saturated carbocycles. The maximum atomic E-state index is 14.4. The van der Waals surface area contributed by atoms with Crippen LogP contribution in [0.2, 0.25) is 0 Å². The van der Waals surface area contributed by atoms with Gasteiger partial charge >= 0.3 is 0 Å². The second kappa shape index (κ2) is 9.60. The molecule has 0 radical (unpaired) electrons. The van der Waals surface area contributed by atoms with Crippen LogP contribution in [-0.4, -0.2) is 56.5 Å². The van der Waals surface area contributed by atoms with Crippen molar-refractivity contribution in [3.8, 4) is 17.3 Å². The van der Waals surface area contributed by atoms with Crippen molar-refractivity contribution in [1.29, 1.82) is 0 Å². The van der Waals surface area contributed by atoms with Gasteiger partial charge in [-0.3, -0.25) is 4.79 Å². The third kappa shape index (κ3) is 4.70. The van der Waals surface area contributed by atoms with Crippen molar-refractivity contribution in [2.75, 3.05) is 25.5 Å². The van der Waals surface area contributed by atoms with Crippen molar-refractivity contribution in [2.24, 2.45) is 0 Å². The molecular formula is C26H27F3N6O2.